The number of hydrazone groups is 1. The first-order valence-corrected chi connectivity index (χ1v) is 10.7. The fourth-order valence-corrected chi connectivity index (χ4v) is 4.17. The van der Waals surface area contributed by atoms with Gasteiger partial charge in [0.25, 0.3) is 5.91 Å². The molecule has 5 nitrogen and oxygen atoms in total. The van der Waals surface area contributed by atoms with Gasteiger partial charge in [-0.2, -0.15) is 5.10 Å². The Morgan fingerprint density at radius 1 is 0.906 bits per heavy atom. The number of para-hydroxylation sites is 1. The lowest BCUT2D eigenvalue weighted by Crippen LogP contribution is -2.24. The number of aryl methyl sites for hydroxylation is 1. The highest BCUT2D eigenvalue weighted by Gasteiger charge is 2.09. The van der Waals surface area contributed by atoms with Gasteiger partial charge in [-0.25, -0.2) is 5.43 Å². The first-order chi connectivity index (χ1) is 15.7. The van der Waals surface area contributed by atoms with Crippen LogP contribution in [0.5, 0.6) is 5.75 Å². The number of benzene rings is 4. The Morgan fingerprint density at radius 2 is 1.66 bits per heavy atom. The third kappa shape index (κ3) is 3.69. The Morgan fingerprint density at radius 3 is 2.53 bits per heavy atom. The molecule has 0 aliphatic heterocycles. The molecule has 0 saturated heterocycles. The standard InChI is InChI=1S/C27H23N3O2/c1-2-30-24-12-6-5-11-22(24)23-16-19(14-15-25(23)30)17-28-29-27(31)18-32-26-13-7-9-20-8-3-4-10-21(20)26/h3-17H,2,18H2,1H3,(H,29,31)/b28-17+. The zero-order valence-corrected chi connectivity index (χ0v) is 17.8. The van der Waals surface area contributed by atoms with E-state index in [-0.39, 0.29) is 12.5 Å². The number of ether oxygens (including phenoxy) is 1. The van der Waals surface area contributed by atoms with Crippen LogP contribution in [-0.2, 0) is 11.3 Å². The van der Waals surface area contributed by atoms with Crippen LogP contribution in [0.1, 0.15) is 12.5 Å². The zero-order chi connectivity index (χ0) is 21.9. The average molecular weight is 422 g/mol. The highest BCUT2D eigenvalue weighted by molar-refractivity contribution is 6.09. The third-order valence-electron chi connectivity index (χ3n) is 5.62. The van der Waals surface area contributed by atoms with E-state index in [1.165, 1.54) is 21.8 Å². The molecule has 5 rings (SSSR count). The van der Waals surface area contributed by atoms with Crippen molar-refractivity contribution < 1.29 is 9.53 Å². The van der Waals surface area contributed by atoms with Gasteiger partial charge in [0.1, 0.15) is 5.75 Å². The van der Waals surface area contributed by atoms with Crippen molar-refractivity contribution in [1.82, 2.24) is 9.99 Å². The van der Waals surface area contributed by atoms with Crippen LogP contribution in [0.2, 0.25) is 0 Å². The van der Waals surface area contributed by atoms with Gasteiger partial charge in [-0.15, -0.1) is 0 Å². The monoisotopic (exact) mass is 421 g/mol. The molecule has 0 bridgehead atoms. The van der Waals surface area contributed by atoms with Gasteiger partial charge in [-0.3, -0.25) is 4.79 Å². The van der Waals surface area contributed by atoms with Gasteiger partial charge in [-0.05, 0) is 42.1 Å². The van der Waals surface area contributed by atoms with Crippen molar-refractivity contribution >= 4 is 44.7 Å². The number of rotatable bonds is 6. The van der Waals surface area contributed by atoms with Crippen LogP contribution in [0, 0.1) is 0 Å². The Labute approximate surface area is 185 Å². The van der Waals surface area contributed by atoms with Gasteiger partial charge in [0.15, 0.2) is 6.61 Å². The largest absolute Gasteiger partial charge is 0.483 e. The minimum atomic E-state index is -0.308. The molecular formula is C27H23N3O2. The Balaban J connectivity index is 1.28. The maximum Gasteiger partial charge on any atom is 0.277 e. The summed E-state index contributed by atoms with van der Waals surface area (Å²) >= 11 is 0. The second-order valence-corrected chi connectivity index (χ2v) is 7.60. The molecule has 1 heterocycles. The Kier molecular flexibility index (Phi) is 5.30. The summed E-state index contributed by atoms with van der Waals surface area (Å²) in [7, 11) is 0. The highest BCUT2D eigenvalue weighted by Crippen LogP contribution is 2.29. The van der Waals surface area contributed by atoms with Crippen molar-refractivity contribution in [3.63, 3.8) is 0 Å². The minimum absolute atomic E-state index is 0.103. The summed E-state index contributed by atoms with van der Waals surface area (Å²) in [6, 6.07) is 28.3. The van der Waals surface area contributed by atoms with E-state index in [1.54, 1.807) is 6.21 Å². The number of aromatic nitrogens is 1. The van der Waals surface area contributed by atoms with E-state index in [0.29, 0.717) is 5.75 Å². The smallest absolute Gasteiger partial charge is 0.277 e. The van der Waals surface area contributed by atoms with E-state index in [9.17, 15) is 4.79 Å². The number of carbonyl (C=O) groups is 1. The molecule has 0 unspecified atom stereocenters. The average Bonchev–Trinajstić information content (AvgIpc) is 3.15. The van der Waals surface area contributed by atoms with Crippen LogP contribution in [0.4, 0.5) is 0 Å². The first-order valence-electron chi connectivity index (χ1n) is 10.7. The summed E-state index contributed by atoms with van der Waals surface area (Å²) in [5, 5.41) is 8.56. The van der Waals surface area contributed by atoms with Crippen LogP contribution in [0.3, 0.4) is 0 Å². The molecule has 32 heavy (non-hydrogen) atoms. The Hall–Kier alpha value is -4.12. The summed E-state index contributed by atoms with van der Waals surface area (Å²) in [5.74, 6) is 0.373. The van der Waals surface area contributed by atoms with Gasteiger partial charge < -0.3 is 9.30 Å². The molecule has 0 spiro atoms. The number of carbonyl (C=O) groups excluding carboxylic acids is 1. The van der Waals surface area contributed by atoms with Gasteiger partial charge in [-0.1, -0.05) is 60.7 Å². The summed E-state index contributed by atoms with van der Waals surface area (Å²) in [4.78, 5) is 12.2. The van der Waals surface area contributed by atoms with E-state index < -0.39 is 0 Å². The topological polar surface area (TPSA) is 55.6 Å². The number of hydrogen-bond acceptors (Lipinski definition) is 3. The third-order valence-corrected chi connectivity index (χ3v) is 5.62. The highest BCUT2D eigenvalue weighted by atomic mass is 16.5. The van der Waals surface area contributed by atoms with Gasteiger partial charge >= 0.3 is 0 Å². The van der Waals surface area contributed by atoms with E-state index in [2.05, 4.69) is 58.4 Å². The van der Waals surface area contributed by atoms with Crippen molar-refractivity contribution in [1.29, 1.82) is 0 Å². The molecule has 158 valence electrons. The molecule has 4 aromatic carbocycles. The van der Waals surface area contributed by atoms with Crippen LogP contribution in [0.25, 0.3) is 32.6 Å². The first kappa shape index (κ1) is 19.8. The summed E-state index contributed by atoms with van der Waals surface area (Å²) in [6.07, 6.45) is 1.66. The second-order valence-electron chi connectivity index (χ2n) is 7.60. The van der Waals surface area contributed by atoms with Gasteiger partial charge in [0.05, 0.1) is 6.21 Å². The van der Waals surface area contributed by atoms with E-state index in [4.69, 9.17) is 4.74 Å². The molecule has 5 aromatic rings. The molecular weight excluding hydrogens is 398 g/mol. The lowest BCUT2D eigenvalue weighted by molar-refractivity contribution is -0.123. The molecule has 5 heteroatoms. The van der Waals surface area contributed by atoms with Gasteiger partial charge in [0, 0.05) is 33.7 Å². The Bertz CT molecular complexity index is 1460. The lowest BCUT2D eigenvalue weighted by atomic mass is 10.1. The molecule has 1 N–H and O–H groups in total. The SMILES string of the molecule is CCn1c2ccccc2c2cc(/C=N/NC(=O)COc3cccc4ccccc34)ccc21. The fraction of sp³-hybridized carbons (Fsp3) is 0.111. The lowest BCUT2D eigenvalue weighted by Gasteiger charge is -2.08. The molecule has 0 aliphatic rings. The minimum Gasteiger partial charge on any atom is -0.483 e. The van der Waals surface area contributed by atoms with E-state index >= 15 is 0 Å². The van der Waals surface area contributed by atoms with Gasteiger partial charge in [0.2, 0.25) is 0 Å². The number of hydrogen-bond donors (Lipinski definition) is 1. The van der Waals surface area contributed by atoms with Crippen LogP contribution < -0.4 is 10.2 Å². The summed E-state index contributed by atoms with van der Waals surface area (Å²) < 4.78 is 8.02. The van der Waals surface area contributed by atoms with Crippen molar-refractivity contribution in [2.24, 2.45) is 5.10 Å². The second kappa shape index (κ2) is 8.55. The summed E-state index contributed by atoms with van der Waals surface area (Å²) in [5.41, 5.74) is 5.89. The van der Waals surface area contributed by atoms with Crippen molar-refractivity contribution in [2.45, 2.75) is 13.5 Å². The normalized spacial score (nSPS) is 11.5. The maximum absolute atomic E-state index is 12.2. The maximum atomic E-state index is 12.2. The van der Waals surface area contributed by atoms with E-state index in [1.807, 2.05) is 48.5 Å². The van der Waals surface area contributed by atoms with Crippen molar-refractivity contribution in [3.05, 3.63) is 90.5 Å². The zero-order valence-electron chi connectivity index (χ0n) is 17.8. The number of fused-ring (bicyclic) bond motifs is 4. The van der Waals surface area contributed by atoms with Crippen molar-refractivity contribution in [2.75, 3.05) is 6.61 Å². The predicted octanol–water partition coefficient (Wildman–Crippen LogP) is 5.50. The predicted molar refractivity (Wildman–Crippen MR) is 130 cm³/mol. The molecule has 1 amide bonds. The number of nitrogens with zero attached hydrogens (tertiary/aromatic N) is 2. The molecule has 0 saturated carbocycles. The van der Waals surface area contributed by atoms with Crippen molar-refractivity contribution in [3.8, 4) is 5.75 Å². The van der Waals surface area contributed by atoms with E-state index in [0.717, 1.165) is 22.9 Å². The molecule has 1 aromatic heterocycles. The van der Waals surface area contributed by atoms with Crippen LogP contribution in [-0.4, -0.2) is 23.3 Å². The van der Waals surface area contributed by atoms with Crippen LogP contribution in [0.15, 0.2) is 90.0 Å². The summed E-state index contributed by atoms with van der Waals surface area (Å²) in [6.45, 7) is 2.95. The molecule has 0 fully saturated rings. The quantitative estimate of drug-likeness (QED) is 0.291. The molecule has 0 radical (unpaired) electrons. The fourth-order valence-electron chi connectivity index (χ4n) is 4.17. The number of amides is 1. The van der Waals surface area contributed by atoms with Crippen LogP contribution >= 0.6 is 0 Å². The molecule has 0 aliphatic carbocycles. The number of nitrogens with one attached hydrogen (secondary N) is 1. The molecule has 0 atom stereocenters.